The number of hydrogen-bond donors (Lipinski definition) is 2. The fourth-order valence-corrected chi connectivity index (χ4v) is 2.26. The minimum Gasteiger partial charge on any atom is -0.381 e. The Bertz CT molecular complexity index is 876. The number of carbonyl (C=O) groups excluding carboxylic acids is 1. The number of nitrogens with zero attached hydrogens (tertiary/aromatic N) is 3. The van der Waals surface area contributed by atoms with Gasteiger partial charge in [0.05, 0.1) is 0 Å². The van der Waals surface area contributed by atoms with Crippen molar-refractivity contribution in [1.82, 2.24) is 14.4 Å². The van der Waals surface area contributed by atoms with Crippen LogP contribution in [-0.4, -0.2) is 20.3 Å². The van der Waals surface area contributed by atoms with Gasteiger partial charge in [-0.25, -0.2) is 14.4 Å². The minimum atomic E-state index is -0.707. The van der Waals surface area contributed by atoms with Crippen molar-refractivity contribution in [2.45, 2.75) is 0 Å². The van der Waals surface area contributed by atoms with Crippen molar-refractivity contribution in [3.05, 3.63) is 47.1 Å². The highest BCUT2D eigenvalue weighted by Crippen LogP contribution is 2.29. The first-order valence-electron chi connectivity index (χ1n) is 5.87. The Kier molecular flexibility index (Phi) is 2.99. The number of rotatable bonds is 2. The summed E-state index contributed by atoms with van der Waals surface area (Å²) < 4.78 is 14.7. The number of benzene rings is 1. The van der Waals surface area contributed by atoms with Crippen LogP contribution in [0.2, 0.25) is 5.15 Å². The monoisotopic (exact) mass is 305 g/mol. The molecule has 0 aliphatic carbocycles. The lowest BCUT2D eigenvalue weighted by molar-refractivity contribution is 0.0996. The van der Waals surface area contributed by atoms with E-state index in [0.29, 0.717) is 5.56 Å². The fourth-order valence-electron chi connectivity index (χ4n) is 1.98. The summed E-state index contributed by atoms with van der Waals surface area (Å²) in [5, 5.41) is 0.157. The molecule has 0 saturated carbocycles. The fraction of sp³-hybridized carbons (Fsp3) is 0. The van der Waals surface area contributed by atoms with Crippen LogP contribution in [0.25, 0.3) is 16.9 Å². The van der Waals surface area contributed by atoms with Gasteiger partial charge in [0.2, 0.25) is 0 Å². The van der Waals surface area contributed by atoms with E-state index in [1.54, 1.807) is 6.07 Å². The zero-order valence-corrected chi connectivity index (χ0v) is 11.3. The van der Waals surface area contributed by atoms with Crippen LogP contribution in [0.4, 0.5) is 10.2 Å². The van der Waals surface area contributed by atoms with Crippen LogP contribution in [0, 0.1) is 5.82 Å². The molecule has 0 fully saturated rings. The van der Waals surface area contributed by atoms with Gasteiger partial charge >= 0.3 is 0 Å². The number of fused-ring (bicyclic) bond motifs is 1. The Labute approximate surface area is 123 Å². The maximum atomic E-state index is 13.3. The van der Waals surface area contributed by atoms with Crippen molar-refractivity contribution in [2.24, 2.45) is 5.73 Å². The number of amides is 1. The second-order valence-electron chi connectivity index (χ2n) is 4.33. The molecule has 3 aromatic rings. The summed E-state index contributed by atoms with van der Waals surface area (Å²) in [6.45, 7) is 0. The zero-order chi connectivity index (χ0) is 15.1. The van der Waals surface area contributed by atoms with Crippen molar-refractivity contribution in [3.63, 3.8) is 0 Å². The summed E-state index contributed by atoms with van der Waals surface area (Å²) in [5.41, 5.74) is 12.0. The number of imidazole rings is 1. The molecule has 0 bridgehead atoms. The van der Waals surface area contributed by atoms with Gasteiger partial charge in [-0.1, -0.05) is 23.7 Å². The molecule has 1 aromatic carbocycles. The Morgan fingerprint density at radius 2 is 2.10 bits per heavy atom. The maximum absolute atomic E-state index is 13.3. The van der Waals surface area contributed by atoms with Crippen LogP contribution in [0.15, 0.2) is 30.5 Å². The summed E-state index contributed by atoms with van der Waals surface area (Å²) in [6.07, 6.45) is 1.36. The highest BCUT2D eigenvalue weighted by Gasteiger charge is 2.17. The van der Waals surface area contributed by atoms with Crippen LogP contribution >= 0.6 is 11.6 Å². The summed E-state index contributed by atoms with van der Waals surface area (Å²) in [7, 11) is 0. The van der Waals surface area contributed by atoms with Crippen LogP contribution in [0.3, 0.4) is 0 Å². The number of nitrogens with two attached hydrogens (primary N) is 2. The van der Waals surface area contributed by atoms with E-state index >= 15 is 0 Å². The van der Waals surface area contributed by atoms with Gasteiger partial charge in [-0.2, -0.15) is 0 Å². The van der Waals surface area contributed by atoms with Crippen LogP contribution in [0.5, 0.6) is 0 Å². The predicted octanol–water partition coefficient (Wildman–Crippen LogP) is 1.87. The van der Waals surface area contributed by atoms with Crippen molar-refractivity contribution < 1.29 is 9.18 Å². The molecule has 0 atom stereocenters. The highest BCUT2D eigenvalue weighted by molar-refractivity contribution is 6.32. The minimum absolute atomic E-state index is 0.0155. The van der Waals surface area contributed by atoms with Gasteiger partial charge < -0.3 is 11.5 Å². The third-order valence-electron chi connectivity index (χ3n) is 2.92. The molecule has 0 radical (unpaired) electrons. The SMILES string of the molecule is NC(=O)c1cn2c(Cl)c(-c3cccc(F)c3)nc(N)c2n1. The van der Waals surface area contributed by atoms with E-state index in [9.17, 15) is 9.18 Å². The van der Waals surface area contributed by atoms with E-state index in [0.717, 1.165) is 0 Å². The van der Waals surface area contributed by atoms with Crippen molar-refractivity contribution in [3.8, 4) is 11.3 Å². The highest BCUT2D eigenvalue weighted by atomic mass is 35.5. The summed E-state index contributed by atoms with van der Waals surface area (Å²) in [4.78, 5) is 19.3. The van der Waals surface area contributed by atoms with Gasteiger partial charge in [-0.3, -0.25) is 9.20 Å². The average Bonchev–Trinajstić information content (AvgIpc) is 2.89. The van der Waals surface area contributed by atoms with Crippen molar-refractivity contribution in [2.75, 3.05) is 5.73 Å². The molecule has 2 heterocycles. The second kappa shape index (κ2) is 4.71. The van der Waals surface area contributed by atoms with E-state index < -0.39 is 11.7 Å². The molecular formula is C13H9ClFN5O. The second-order valence-corrected chi connectivity index (χ2v) is 4.69. The van der Waals surface area contributed by atoms with E-state index in [1.807, 2.05) is 0 Å². The van der Waals surface area contributed by atoms with Crippen LogP contribution < -0.4 is 11.5 Å². The molecule has 21 heavy (non-hydrogen) atoms. The van der Waals surface area contributed by atoms with E-state index in [2.05, 4.69) is 9.97 Å². The molecule has 4 N–H and O–H groups in total. The van der Waals surface area contributed by atoms with Gasteiger partial charge in [0, 0.05) is 11.8 Å². The Balaban J connectivity index is 2.30. The molecular weight excluding hydrogens is 297 g/mol. The normalized spacial score (nSPS) is 11.0. The largest absolute Gasteiger partial charge is 0.381 e. The van der Waals surface area contributed by atoms with Crippen LogP contribution in [-0.2, 0) is 0 Å². The molecule has 2 aromatic heterocycles. The molecule has 6 nitrogen and oxygen atoms in total. The molecule has 0 saturated heterocycles. The van der Waals surface area contributed by atoms with Crippen molar-refractivity contribution >= 4 is 29.0 Å². The Morgan fingerprint density at radius 3 is 2.76 bits per heavy atom. The number of anilines is 1. The zero-order valence-electron chi connectivity index (χ0n) is 10.5. The number of halogens is 2. The number of hydrogen-bond acceptors (Lipinski definition) is 4. The average molecular weight is 306 g/mol. The molecule has 8 heteroatoms. The number of aromatic nitrogens is 3. The first kappa shape index (κ1) is 13.3. The van der Waals surface area contributed by atoms with Gasteiger partial charge in [0.1, 0.15) is 22.4 Å². The Morgan fingerprint density at radius 1 is 1.33 bits per heavy atom. The quantitative estimate of drug-likeness (QED) is 0.755. The van der Waals surface area contributed by atoms with Gasteiger partial charge in [-0.15, -0.1) is 0 Å². The molecule has 0 aliphatic heterocycles. The molecule has 0 unspecified atom stereocenters. The number of nitrogen functional groups attached to an aromatic ring is 1. The maximum Gasteiger partial charge on any atom is 0.268 e. The Hall–Kier alpha value is -2.67. The summed E-state index contributed by atoms with van der Waals surface area (Å²) in [6, 6.07) is 5.77. The lowest BCUT2D eigenvalue weighted by Crippen LogP contribution is -2.10. The van der Waals surface area contributed by atoms with E-state index in [1.165, 1.54) is 28.8 Å². The molecule has 106 valence electrons. The lowest BCUT2D eigenvalue weighted by Gasteiger charge is -2.07. The van der Waals surface area contributed by atoms with Gasteiger partial charge in [-0.05, 0) is 12.1 Å². The molecule has 1 amide bonds. The third kappa shape index (κ3) is 2.17. The van der Waals surface area contributed by atoms with Crippen LogP contribution in [0.1, 0.15) is 10.5 Å². The molecule has 0 spiro atoms. The van der Waals surface area contributed by atoms with E-state index in [4.69, 9.17) is 23.1 Å². The van der Waals surface area contributed by atoms with Gasteiger partial charge in [0.15, 0.2) is 11.5 Å². The number of carbonyl (C=O) groups is 1. The third-order valence-corrected chi connectivity index (χ3v) is 3.29. The first-order valence-corrected chi connectivity index (χ1v) is 6.25. The summed E-state index contributed by atoms with van der Waals surface area (Å²) in [5.74, 6) is -1.07. The lowest BCUT2D eigenvalue weighted by atomic mass is 10.1. The smallest absolute Gasteiger partial charge is 0.268 e. The topological polar surface area (TPSA) is 99.3 Å². The van der Waals surface area contributed by atoms with E-state index in [-0.39, 0.29) is 28.0 Å². The summed E-state index contributed by atoms with van der Waals surface area (Å²) >= 11 is 6.25. The molecule has 3 rings (SSSR count). The standard InChI is InChI=1S/C13H9ClFN5O/c14-10-9(6-2-1-3-7(15)4-6)19-11(16)13-18-8(12(17)21)5-20(10)13/h1-5H,(H2,16,19)(H2,17,21). The first-order chi connectivity index (χ1) is 9.97. The number of primary amides is 1. The van der Waals surface area contributed by atoms with Crippen molar-refractivity contribution in [1.29, 1.82) is 0 Å². The van der Waals surface area contributed by atoms with Gasteiger partial charge in [0.25, 0.3) is 5.91 Å². The predicted molar refractivity (Wildman–Crippen MR) is 76.3 cm³/mol. The molecule has 0 aliphatic rings.